The standard InChI is InChI=1S/C21H29BrClN3O7/c1-11(2)16(24-20(30)33-21(3,4)5)18(28)31-10-14-13(23)8-15(32-14)26-9-12(6-7-22)17(27)25-19(26)29/h6-7,9,11,13-16H,8,10H2,1-5H3,(H,24,30)(H,25,27,29)/b7-6+/t13-,14+,15+,16-/m0/s1. The largest absolute Gasteiger partial charge is 0.461 e. The lowest BCUT2D eigenvalue weighted by Crippen LogP contribution is -2.47. The molecule has 2 N–H and O–H groups in total. The van der Waals surface area contributed by atoms with Crippen LogP contribution in [0.25, 0.3) is 6.08 Å². The number of ether oxygens (including phenoxy) is 3. The van der Waals surface area contributed by atoms with Crippen molar-refractivity contribution in [2.75, 3.05) is 6.61 Å². The fraction of sp³-hybridized carbons (Fsp3) is 0.619. The third-order valence-corrected chi connectivity index (χ3v) is 5.42. The van der Waals surface area contributed by atoms with E-state index in [4.69, 9.17) is 25.8 Å². The molecule has 1 saturated heterocycles. The summed E-state index contributed by atoms with van der Waals surface area (Å²) in [5.41, 5.74) is -1.63. The third kappa shape index (κ3) is 7.72. The molecule has 1 aromatic heterocycles. The molecule has 2 heterocycles. The number of hydrogen-bond donors (Lipinski definition) is 2. The molecular weight excluding hydrogens is 522 g/mol. The van der Waals surface area contributed by atoms with Crippen molar-refractivity contribution in [1.29, 1.82) is 0 Å². The van der Waals surface area contributed by atoms with E-state index in [1.165, 1.54) is 21.8 Å². The fourth-order valence-corrected chi connectivity index (χ4v) is 3.67. The van der Waals surface area contributed by atoms with E-state index >= 15 is 0 Å². The first-order chi connectivity index (χ1) is 15.3. The number of carbonyl (C=O) groups excluding carboxylic acids is 2. The molecule has 1 aromatic rings. The summed E-state index contributed by atoms with van der Waals surface area (Å²) in [5, 5.41) is 1.98. The summed E-state index contributed by atoms with van der Waals surface area (Å²) in [6, 6.07) is -0.925. The van der Waals surface area contributed by atoms with Gasteiger partial charge in [0.1, 0.15) is 30.6 Å². The van der Waals surface area contributed by atoms with Gasteiger partial charge in [-0.2, -0.15) is 0 Å². The van der Waals surface area contributed by atoms with Crippen LogP contribution in [0.15, 0.2) is 20.8 Å². The second kappa shape index (κ2) is 11.3. The highest BCUT2D eigenvalue weighted by Gasteiger charge is 2.37. The van der Waals surface area contributed by atoms with Crippen molar-refractivity contribution >= 4 is 45.7 Å². The highest BCUT2D eigenvalue weighted by Crippen LogP contribution is 2.31. The van der Waals surface area contributed by atoms with Crippen molar-refractivity contribution in [2.24, 2.45) is 5.92 Å². The van der Waals surface area contributed by atoms with E-state index in [9.17, 15) is 19.2 Å². The monoisotopic (exact) mass is 549 g/mol. The first-order valence-corrected chi connectivity index (χ1v) is 11.8. The van der Waals surface area contributed by atoms with Crippen LogP contribution in [0.2, 0.25) is 0 Å². The number of halogens is 2. The molecule has 1 aliphatic heterocycles. The summed E-state index contributed by atoms with van der Waals surface area (Å²) >= 11 is 9.47. The molecule has 0 radical (unpaired) electrons. The molecule has 10 nitrogen and oxygen atoms in total. The van der Waals surface area contributed by atoms with Gasteiger partial charge < -0.3 is 19.5 Å². The number of alkyl carbamates (subject to hydrolysis) is 1. The highest BCUT2D eigenvalue weighted by atomic mass is 79.9. The minimum absolute atomic E-state index is 0.172. The number of amides is 1. The quantitative estimate of drug-likeness (QED) is 0.394. The van der Waals surface area contributed by atoms with Gasteiger partial charge in [0.05, 0.1) is 10.9 Å². The summed E-state index contributed by atoms with van der Waals surface area (Å²) in [5.74, 6) is -0.910. The molecule has 0 aliphatic carbocycles. The number of aromatic nitrogens is 2. The predicted molar refractivity (Wildman–Crippen MR) is 126 cm³/mol. The Balaban J connectivity index is 2.03. The molecule has 1 fully saturated rings. The van der Waals surface area contributed by atoms with Gasteiger partial charge >= 0.3 is 17.8 Å². The van der Waals surface area contributed by atoms with Gasteiger partial charge in [0.15, 0.2) is 0 Å². The van der Waals surface area contributed by atoms with Crippen molar-refractivity contribution < 1.29 is 23.8 Å². The average molecular weight is 551 g/mol. The van der Waals surface area contributed by atoms with Crippen LogP contribution in [0.4, 0.5) is 4.79 Å². The number of H-pyrrole nitrogens is 1. The number of carbonyl (C=O) groups is 2. The van der Waals surface area contributed by atoms with Crippen LogP contribution < -0.4 is 16.6 Å². The third-order valence-electron chi connectivity index (χ3n) is 4.69. The topological polar surface area (TPSA) is 129 Å². The maximum absolute atomic E-state index is 12.6. The molecule has 0 bridgehead atoms. The molecule has 33 heavy (non-hydrogen) atoms. The van der Waals surface area contributed by atoms with E-state index in [-0.39, 0.29) is 24.5 Å². The fourth-order valence-electron chi connectivity index (χ4n) is 3.10. The molecule has 0 saturated carbocycles. The SMILES string of the molecule is CC(C)[C@H](NC(=O)OC(C)(C)C)C(=O)OC[C@H]1O[C@@H](n2cc(/C=C/Br)c(=O)[nH]c2=O)C[C@@H]1Cl. The van der Waals surface area contributed by atoms with Crippen LogP contribution >= 0.6 is 27.5 Å². The Morgan fingerprint density at radius 1 is 1.39 bits per heavy atom. The molecule has 2 rings (SSSR count). The number of hydrogen-bond acceptors (Lipinski definition) is 7. The summed E-state index contributed by atoms with van der Waals surface area (Å²) in [4.78, 5) is 52.5. The molecule has 1 amide bonds. The summed E-state index contributed by atoms with van der Waals surface area (Å²) < 4.78 is 17.6. The lowest BCUT2D eigenvalue weighted by atomic mass is 10.1. The number of aromatic amines is 1. The lowest BCUT2D eigenvalue weighted by molar-refractivity contribution is -0.152. The van der Waals surface area contributed by atoms with Gasteiger partial charge in [0.2, 0.25) is 0 Å². The Hall–Kier alpha value is -2.11. The zero-order chi connectivity index (χ0) is 24.9. The van der Waals surface area contributed by atoms with Gasteiger partial charge in [-0.25, -0.2) is 14.4 Å². The molecule has 4 atom stereocenters. The lowest BCUT2D eigenvalue weighted by Gasteiger charge is -2.25. The number of alkyl halides is 1. The number of nitrogens with zero attached hydrogens (tertiary/aromatic N) is 1. The van der Waals surface area contributed by atoms with Gasteiger partial charge in [-0.3, -0.25) is 14.3 Å². The highest BCUT2D eigenvalue weighted by molar-refractivity contribution is 9.11. The first kappa shape index (κ1) is 27.1. The second-order valence-electron chi connectivity index (χ2n) is 8.92. The molecule has 184 valence electrons. The van der Waals surface area contributed by atoms with Crippen LogP contribution in [0.3, 0.4) is 0 Å². The molecule has 12 heteroatoms. The Kier molecular flexibility index (Phi) is 9.33. The van der Waals surface area contributed by atoms with Crippen molar-refractivity contribution in [1.82, 2.24) is 14.9 Å². The van der Waals surface area contributed by atoms with E-state index in [2.05, 4.69) is 26.2 Å². The molecule has 0 aromatic carbocycles. The second-order valence-corrected chi connectivity index (χ2v) is 10.0. The van der Waals surface area contributed by atoms with Crippen LogP contribution in [0.5, 0.6) is 0 Å². The number of rotatable bonds is 7. The van der Waals surface area contributed by atoms with Crippen molar-refractivity contribution in [3.8, 4) is 0 Å². The van der Waals surface area contributed by atoms with Crippen molar-refractivity contribution in [3.05, 3.63) is 37.6 Å². The minimum atomic E-state index is -0.925. The predicted octanol–water partition coefficient (Wildman–Crippen LogP) is 2.89. The summed E-state index contributed by atoms with van der Waals surface area (Å²) in [6.45, 7) is 8.51. The van der Waals surface area contributed by atoms with E-state index in [0.29, 0.717) is 0 Å². The molecule has 1 aliphatic rings. The van der Waals surface area contributed by atoms with Crippen molar-refractivity contribution in [2.45, 2.75) is 70.4 Å². The first-order valence-electron chi connectivity index (χ1n) is 10.4. The smallest absolute Gasteiger partial charge is 0.408 e. The van der Waals surface area contributed by atoms with Gasteiger partial charge in [-0.1, -0.05) is 29.8 Å². The van der Waals surface area contributed by atoms with Gasteiger partial charge in [0.25, 0.3) is 5.56 Å². The van der Waals surface area contributed by atoms with Crippen molar-refractivity contribution in [3.63, 3.8) is 0 Å². The Labute approximate surface area is 204 Å². The maximum atomic E-state index is 12.6. The van der Waals surface area contributed by atoms with E-state index < -0.39 is 52.7 Å². The zero-order valence-corrected chi connectivity index (χ0v) is 21.4. The van der Waals surface area contributed by atoms with E-state index in [0.717, 1.165) is 0 Å². The van der Waals surface area contributed by atoms with Crippen LogP contribution in [0, 0.1) is 5.92 Å². The molecule has 0 unspecified atom stereocenters. The Bertz CT molecular complexity index is 999. The summed E-state index contributed by atoms with van der Waals surface area (Å²) in [7, 11) is 0. The Morgan fingerprint density at radius 3 is 2.64 bits per heavy atom. The van der Waals surface area contributed by atoms with Gasteiger partial charge in [-0.15, -0.1) is 11.6 Å². The maximum Gasteiger partial charge on any atom is 0.408 e. The number of esters is 1. The molecular formula is C21H29BrClN3O7. The number of nitrogens with one attached hydrogen (secondary N) is 2. The van der Waals surface area contributed by atoms with Crippen LogP contribution in [-0.4, -0.2) is 51.3 Å². The average Bonchev–Trinajstić information content (AvgIpc) is 3.05. The van der Waals surface area contributed by atoms with Gasteiger partial charge in [0, 0.05) is 12.6 Å². The van der Waals surface area contributed by atoms with Crippen LogP contribution in [0.1, 0.15) is 52.8 Å². The molecule has 0 spiro atoms. The zero-order valence-electron chi connectivity index (χ0n) is 19.1. The minimum Gasteiger partial charge on any atom is -0.461 e. The Morgan fingerprint density at radius 2 is 2.06 bits per heavy atom. The van der Waals surface area contributed by atoms with Gasteiger partial charge in [-0.05, 0) is 37.8 Å². The van der Waals surface area contributed by atoms with Crippen LogP contribution in [-0.2, 0) is 19.0 Å². The normalized spacial score (nSPS) is 21.9. The van der Waals surface area contributed by atoms with E-state index in [1.807, 2.05) is 0 Å². The van der Waals surface area contributed by atoms with E-state index in [1.54, 1.807) is 34.6 Å². The summed E-state index contributed by atoms with van der Waals surface area (Å²) in [6.07, 6.45) is 0.965.